The summed E-state index contributed by atoms with van der Waals surface area (Å²) in [6.07, 6.45) is 8.12. The number of likely N-dealkylation sites (tertiary alicyclic amines) is 1. The van der Waals surface area contributed by atoms with Crippen LogP contribution in [0.5, 0.6) is 0 Å². The highest BCUT2D eigenvalue weighted by molar-refractivity contribution is 7.07. The van der Waals surface area contributed by atoms with E-state index in [0.717, 1.165) is 29.9 Å². The highest BCUT2D eigenvalue weighted by atomic mass is 32.1. The topological polar surface area (TPSA) is 88.3 Å². The van der Waals surface area contributed by atoms with Gasteiger partial charge in [0.2, 0.25) is 5.91 Å². The summed E-state index contributed by atoms with van der Waals surface area (Å²) in [6.45, 7) is 3.82. The number of piperidine rings is 1. The molecule has 0 bridgehead atoms. The minimum Gasteiger partial charge on any atom is -0.472 e. The number of hydrogen-bond donors (Lipinski definition) is 1. The Morgan fingerprint density at radius 1 is 1.44 bits per heavy atom. The van der Waals surface area contributed by atoms with E-state index >= 15 is 0 Å². The van der Waals surface area contributed by atoms with Crippen molar-refractivity contribution >= 4 is 29.4 Å². The SMILES string of the molecule is Cc1nnsc1C(=O)N1CCC(CNC(=O)/C=C/c2ccoc2)CC1. The van der Waals surface area contributed by atoms with Gasteiger partial charge in [-0.3, -0.25) is 9.59 Å². The molecule has 2 aromatic heterocycles. The van der Waals surface area contributed by atoms with Crippen LogP contribution >= 0.6 is 11.5 Å². The first-order chi connectivity index (χ1) is 12.1. The van der Waals surface area contributed by atoms with Gasteiger partial charge in [-0.05, 0) is 49.4 Å². The lowest BCUT2D eigenvalue weighted by Crippen LogP contribution is -2.41. The second kappa shape index (κ2) is 8.06. The van der Waals surface area contributed by atoms with Crippen molar-refractivity contribution < 1.29 is 14.0 Å². The molecule has 7 nitrogen and oxygen atoms in total. The molecular formula is C17H20N4O3S. The number of nitrogens with zero attached hydrogens (tertiary/aromatic N) is 3. The molecule has 2 aromatic rings. The number of nitrogens with one attached hydrogen (secondary N) is 1. The molecule has 0 spiro atoms. The largest absolute Gasteiger partial charge is 0.472 e. The average Bonchev–Trinajstić information content (AvgIpc) is 3.29. The summed E-state index contributed by atoms with van der Waals surface area (Å²) in [7, 11) is 0. The van der Waals surface area contributed by atoms with Crippen LogP contribution in [-0.4, -0.2) is 45.9 Å². The lowest BCUT2D eigenvalue weighted by molar-refractivity contribution is -0.116. The first kappa shape index (κ1) is 17.3. The summed E-state index contributed by atoms with van der Waals surface area (Å²) in [4.78, 5) is 26.7. The van der Waals surface area contributed by atoms with E-state index < -0.39 is 0 Å². The zero-order valence-electron chi connectivity index (χ0n) is 14.0. The predicted octanol–water partition coefficient (Wildman–Crippen LogP) is 2.12. The summed E-state index contributed by atoms with van der Waals surface area (Å²) >= 11 is 1.15. The van der Waals surface area contributed by atoms with Gasteiger partial charge >= 0.3 is 0 Å². The Balaban J connectivity index is 1.41. The second-order valence-corrected chi connectivity index (χ2v) is 6.81. The molecule has 8 heteroatoms. The van der Waals surface area contributed by atoms with E-state index in [2.05, 4.69) is 14.9 Å². The highest BCUT2D eigenvalue weighted by Gasteiger charge is 2.26. The molecule has 1 fully saturated rings. The van der Waals surface area contributed by atoms with E-state index in [1.807, 2.05) is 4.90 Å². The monoisotopic (exact) mass is 360 g/mol. The normalized spacial score (nSPS) is 15.6. The van der Waals surface area contributed by atoms with Crippen LogP contribution in [0, 0.1) is 12.8 Å². The number of furan rings is 1. The molecule has 25 heavy (non-hydrogen) atoms. The van der Waals surface area contributed by atoms with Gasteiger partial charge in [0.15, 0.2) is 0 Å². The summed E-state index contributed by atoms with van der Waals surface area (Å²) in [5.74, 6) is 0.278. The van der Waals surface area contributed by atoms with E-state index in [9.17, 15) is 9.59 Å². The molecule has 1 aliphatic rings. The Morgan fingerprint density at radius 2 is 2.24 bits per heavy atom. The maximum Gasteiger partial charge on any atom is 0.267 e. The molecular weight excluding hydrogens is 340 g/mol. The van der Waals surface area contributed by atoms with Crippen LogP contribution in [0.1, 0.15) is 33.8 Å². The molecule has 1 saturated heterocycles. The standard InChI is InChI=1S/C17H20N4O3S/c1-12-16(25-20-19-12)17(23)21-7-4-13(5-8-21)10-18-15(22)3-2-14-6-9-24-11-14/h2-3,6,9,11,13H,4-5,7-8,10H2,1H3,(H,18,22)/b3-2+. The van der Waals surface area contributed by atoms with Gasteiger partial charge in [0, 0.05) is 31.3 Å². The second-order valence-electron chi connectivity index (χ2n) is 6.06. The van der Waals surface area contributed by atoms with Crippen molar-refractivity contribution in [3.05, 3.63) is 40.8 Å². The molecule has 0 saturated carbocycles. The molecule has 0 unspecified atom stereocenters. The first-order valence-corrected chi connectivity index (χ1v) is 8.97. The van der Waals surface area contributed by atoms with Crippen LogP contribution < -0.4 is 5.32 Å². The van der Waals surface area contributed by atoms with Crippen LogP contribution in [0.2, 0.25) is 0 Å². The molecule has 3 heterocycles. The van der Waals surface area contributed by atoms with E-state index in [1.165, 1.54) is 6.08 Å². The number of carbonyl (C=O) groups excluding carboxylic acids is 2. The number of aryl methyl sites for hydroxylation is 1. The highest BCUT2D eigenvalue weighted by Crippen LogP contribution is 2.20. The van der Waals surface area contributed by atoms with Crippen molar-refractivity contribution in [2.45, 2.75) is 19.8 Å². The van der Waals surface area contributed by atoms with E-state index in [0.29, 0.717) is 36.1 Å². The minimum absolute atomic E-state index is 0.0121. The van der Waals surface area contributed by atoms with E-state index in [-0.39, 0.29) is 11.8 Å². The fourth-order valence-corrected chi connectivity index (χ4v) is 3.38. The third-order valence-corrected chi connectivity index (χ3v) is 5.10. The minimum atomic E-state index is -0.119. The smallest absolute Gasteiger partial charge is 0.267 e. The Hall–Kier alpha value is -2.48. The lowest BCUT2D eigenvalue weighted by Gasteiger charge is -2.31. The fraction of sp³-hybridized carbons (Fsp3) is 0.412. The third-order valence-electron chi connectivity index (χ3n) is 4.28. The molecule has 0 atom stereocenters. The van der Waals surface area contributed by atoms with Crippen molar-refractivity contribution in [3.8, 4) is 0 Å². The number of hydrogen-bond acceptors (Lipinski definition) is 6. The molecule has 3 rings (SSSR count). The fourth-order valence-electron chi connectivity index (χ4n) is 2.76. The van der Waals surface area contributed by atoms with E-state index in [4.69, 9.17) is 4.42 Å². The van der Waals surface area contributed by atoms with Crippen LogP contribution in [0.15, 0.2) is 29.1 Å². The molecule has 0 aliphatic carbocycles. The summed E-state index contributed by atoms with van der Waals surface area (Å²) in [5, 5.41) is 6.81. The average molecular weight is 360 g/mol. The Bertz CT molecular complexity index is 746. The summed E-state index contributed by atoms with van der Waals surface area (Å²) in [6, 6.07) is 1.79. The Labute approximate surface area is 149 Å². The van der Waals surface area contributed by atoms with Gasteiger partial charge in [-0.25, -0.2) is 0 Å². The van der Waals surface area contributed by atoms with Crippen molar-refractivity contribution in [3.63, 3.8) is 0 Å². The molecule has 0 radical (unpaired) electrons. The predicted molar refractivity (Wildman–Crippen MR) is 94.0 cm³/mol. The van der Waals surface area contributed by atoms with Gasteiger partial charge in [-0.2, -0.15) is 0 Å². The maximum atomic E-state index is 12.4. The molecule has 1 N–H and O–H groups in total. The number of amides is 2. The number of rotatable bonds is 5. The van der Waals surface area contributed by atoms with Gasteiger partial charge in [0.25, 0.3) is 5.91 Å². The molecule has 132 valence electrons. The van der Waals surface area contributed by atoms with Crippen molar-refractivity contribution in [2.24, 2.45) is 5.92 Å². The van der Waals surface area contributed by atoms with Crippen LogP contribution in [-0.2, 0) is 4.79 Å². The number of aromatic nitrogens is 2. The van der Waals surface area contributed by atoms with Crippen molar-refractivity contribution in [1.82, 2.24) is 19.8 Å². The van der Waals surface area contributed by atoms with Crippen LogP contribution in [0.3, 0.4) is 0 Å². The number of carbonyl (C=O) groups is 2. The van der Waals surface area contributed by atoms with Crippen LogP contribution in [0.25, 0.3) is 6.08 Å². The van der Waals surface area contributed by atoms with Gasteiger partial charge in [-0.1, -0.05) is 4.49 Å². The van der Waals surface area contributed by atoms with Gasteiger partial charge in [0.05, 0.1) is 18.2 Å². The van der Waals surface area contributed by atoms with Gasteiger partial charge in [0.1, 0.15) is 4.88 Å². The Kier molecular flexibility index (Phi) is 5.60. The first-order valence-electron chi connectivity index (χ1n) is 8.20. The van der Waals surface area contributed by atoms with E-state index in [1.54, 1.807) is 31.6 Å². The third kappa shape index (κ3) is 4.54. The zero-order chi connectivity index (χ0) is 17.6. The summed E-state index contributed by atoms with van der Waals surface area (Å²) < 4.78 is 8.76. The lowest BCUT2D eigenvalue weighted by atomic mass is 9.96. The Morgan fingerprint density at radius 3 is 2.88 bits per heavy atom. The zero-order valence-corrected chi connectivity index (χ0v) is 14.8. The molecule has 2 amide bonds. The van der Waals surface area contributed by atoms with Gasteiger partial charge in [-0.15, -0.1) is 5.10 Å². The van der Waals surface area contributed by atoms with Crippen LogP contribution in [0.4, 0.5) is 0 Å². The van der Waals surface area contributed by atoms with Gasteiger partial charge < -0.3 is 14.6 Å². The summed E-state index contributed by atoms with van der Waals surface area (Å²) in [5.41, 5.74) is 1.55. The van der Waals surface area contributed by atoms with Crippen molar-refractivity contribution in [1.29, 1.82) is 0 Å². The molecule has 0 aromatic carbocycles. The maximum absolute atomic E-state index is 12.4. The van der Waals surface area contributed by atoms with Crippen molar-refractivity contribution in [2.75, 3.05) is 19.6 Å². The quantitative estimate of drug-likeness (QED) is 0.825. The molecule has 1 aliphatic heterocycles.